The third-order valence-corrected chi connectivity index (χ3v) is 5.98. The number of nitrogens with zero attached hydrogens (tertiary/aromatic N) is 2. The fraction of sp³-hybridized carbons (Fsp3) is 1.00. The second kappa shape index (κ2) is 7.24. The van der Waals surface area contributed by atoms with Gasteiger partial charge in [0.05, 0.1) is 0 Å². The lowest BCUT2D eigenvalue weighted by molar-refractivity contribution is 0.0956. The van der Waals surface area contributed by atoms with Crippen molar-refractivity contribution >= 4 is 0 Å². The lowest BCUT2D eigenvalue weighted by atomic mass is 9.82. The molecule has 0 aromatic carbocycles. The van der Waals surface area contributed by atoms with Gasteiger partial charge in [-0.05, 0) is 103 Å². The minimum absolute atomic E-state index is 0.889. The summed E-state index contributed by atoms with van der Waals surface area (Å²) in [5, 5.41) is 3.49. The summed E-state index contributed by atoms with van der Waals surface area (Å²) in [5.41, 5.74) is 0. The molecule has 3 heterocycles. The molecule has 1 N–H and O–H groups in total. The molecule has 3 aliphatic rings. The highest BCUT2D eigenvalue weighted by Crippen LogP contribution is 2.30. The van der Waals surface area contributed by atoms with Crippen molar-refractivity contribution < 1.29 is 0 Å². The average Bonchev–Trinajstić information content (AvgIpc) is 2.51. The minimum Gasteiger partial charge on any atom is -0.317 e. The van der Waals surface area contributed by atoms with Gasteiger partial charge in [0.25, 0.3) is 0 Å². The molecule has 20 heavy (non-hydrogen) atoms. The van der Waals surface area contributed by atoms with Gasteiger partial charge in [-0.15, -0.1) is 0 Å². The lowest BCUT2D eigenvalue weighted by Gasteiger charge is -2.40. The summed E-state index contributed by atoms with van der Waals surface area (Å²) < 4.78 is 0. The van der Waals surface area contributed by atoms with Crippen molar-refractivity contribution in [1.82, 2.24) is 15.1 Å². The summed E-state index contributed by atoms with van der Waals surface area (Å²) >= 11 is 0. The molecule has 3 heteroatoms. The molecule has 3 saturated heterocycles. The molecule has 0 atom stereocenters. The normalized spacial score (nSPS) is 29.9. The number of piperidine rings is 3. The number of nitrogens with one attached hydrogen (secondary N) is 1. The van der Waals surface area contributed by atoms with Crippen LogP contribution in [0.5, 0.6) is 0 Å². The van der Waals surface area contributed by atoms with Crippen LogP contribution in [0.4, 0.5) is 0 Å². The van der Waals surface area contributed by atoms with Crippen molar-refractivity contribution in [2.45, 2.75) is 51.0 Å². The molecule has 0 aromatic rings. The van der Waals surface area contributed by atoms with Crippen LogP contribution in [-0.2, 0) is 0 Å². The number of hydrogen-bond donors (Lipinski definition) is 1. The smallest absolute Gasteiger partial charge is 0.0119 e. The molecule has 3 nitrogen and oxygen atoms in total. The first kappa shape index (κ1) is 14.8. The fourth-order valence-electron chi connectivity index (χ4n) is 4.49. The quantitative estimate of drug-likeness (QED) is 0.854. The van der Waals surface area contributed by atoms with Crippen LogP contribution in [-0.4, -0.2) is 62.2 Å². The Labute approximate surface area is 125 Å². The second-order valence-electron chi connectivity index (χ2n) is 7.44. The van der Waals surface area contributed by atoms with E-state index in [-0.39, 0.29) is 0 Å². The zero-order valence-electron chi connectivity index (χ0n) is 13.3. The number of hydrogen-bond acceptors (Lipinski definition) is 3. The SMILES string of the molecule is CN1CCC(CC2CCN(C3CCNCC3)CC2)CC1. The summed E-state index contributed by atoms with van der Waals surface area (Å²) in [6.07, 6.45) is 10.1. The summed E-state index contributed by atoms with van der Waals surface area (Å²) in [7, 11) is 2.27. The van der Waals surface area contributed by atoms with Crippen molar-refractivity contribution in [2.75, 3.05) is 46.3 Å². The Hall–Kier alpha value is -0.120. The van der Waals surface area contributed by atoms with Crippen LogP contribution < -0.4 is 5.32 Å². The van der Waals surface area contributed by atoms with Crippen LogP contribution in [0.25, 0.3) is 0 Å². The molecule has 3 fully saturated rings. The van der Waals surface area contributed by atoms with Gasteiger partial charge < -0.3 is 15.1 Å². The second-order valence-corrected chi connectivity index (χ2v) is 7.44. The van der Waals surface area contributed by atoms with Gasteiger partial charge in [-0.1, -0.05) is 0 Å². The molecular weight excluding hydrogens is 246 g/mol. The maximum atomic E-state index is 3.49. The van der Waals surface area contributed by atoms with Crippen LogP contribution in [0.15, 0.2) is 0 Å². The van der Waals surface area contributed by atoms with E-state index in [0.717, 1.165) is 17.9 Å². The number of likely N-dealkylation sites (tertiary alicyclic amines) is 2. The van der Waals surface area contributed by atoms with E-state index in [9.17, 15) is 0 Å². The molecule has 0 spiro atoms. The van der Waals surface area contributed by atoms with Gasteiger partial charge in [-0.2, -0.15) is 0 Å². The number of rotatable bonds is 3. The Balaban J connectivity index is 1.37. The van der Waals surface area contributed by atoms with Gasteiger partial charge in [0, 0.05) is 6.04 Å². The van der Waals surface area contributed by atoms with Crippen LogP contribution in [0, 0.1) is 11.8 Å². The Morgan fingerprint density at radius 1 is 0.800 bits per heavy atom. The first-order valence-electron chi connectivity index (χ1n) is 8.94. The zero-order valence-corrected chi connectivity index (χ0v) is 13.3. The Morgan fingerprint density at radius 3 is 1.95 bits per heavy atom. The predicted octanol–water partition coefficient (Wildman–Crippen LogP) is 2.18. The van der Waals surface area contributed by atoms with Crippen molar-refractivity contribution in [3.63, 3.8) is 0 Å². The Morgan fingerprint density at radius 2 is 1.35 bits per heavy atom. The van der Waals surface area contributed by atoms with Crippen molar-refractivity contribution in [3.8, 4) is 0 Å². The highest BCUT2D eigenvalue weighted by atomic mass is 15.2. The molecule has 0 unspecified atom stereocenters. The molecule has 0 aliphatic carbocycles. The first-order chi connectivity index (χ1) is 9.81. The zero-order chi connectivity index (χ0) is 13.8. The molecule has 0 bridgehead atoms. The molecule has 0 aromatic heterocycles. The van der Waals surface area contributed by atoms with Crippen LogP contribution in [0.2, 0.25) is 0 Å². The van der Waals surface area contributed by atoms with E-state index < -0.39 is 0 Å². The van der Waals surface area contributed by atoms with E-state index in [1.807, 2.05) is 0 Å². The van der Waals surface area contributed by atoms with Gasteiger partial charge in [0.1, 0.15) is 0 Å². The Bertz CT molecular complexity index is 272. The summed E-state index contributed by atoms with van der Waals surface area (Å²) in [6, 6.07) is 0.889. The van der Waals surface area contributed by atoms with Gasteiger partial charge in [-0.3, -0.25) is 0 Å². The summed E-state index contributed by atoms with van der Waals surface area (Å²) in [4.78, 5) is 5.29. The topological polar surface area (TPSA) is 18.5 Å². The van der Waals surface area contributed by atoms with E-state index in [1.165, 1.54) is 84.2 Å². The molecule has 0 saturated carbocycles. The van der Waals surface area contributed by atoms with E-state index in [0.29, 0.717) is 0 Å². The lowest BCUT2D eigenvalue weighted by Crippen LogP contribution is -2.46. The molecular formula is C17H33N3. The third kappa shape index (κ3) is 3.96. The standard InChI is InChI=1S/C17H33N3/c1-19-10-4-15(5-11-19)14-16-6-12-20(13-7-16)17-2-8-18-9-3-17/h15-18H,2-14H2,1H3. The summed E-state index contributed by atoms with van der Waals surface area (Å²) in [5.74, 6) is 2.06. The van der Waals surface area contributed by atoms with E-state index >= 15 is 0 Å². The van der Waals surface area contributed by atoms with Gasteiger partial charge >= 0.3 is 0 Å². The average molecular weight is 279 g/mol. The van der Waals surface area contributed by atoms with E-state index in [4.69, 9.17) is 0 Å². The van der Waals surface area contributed by atoms with Gasteiger partial charge in [0.2, 0.25) is 0 Å². The van der Waals surface area contributed by atoms with Crippen molar-refractivity contribution in [3.05, 3.63) is 0 Å². The summed E-state index contributed by atoms with van der Waals surface area (Å²) in [6.45, 7) is 7.89. The van der Waals surface area contributed by atoms with Gasteiger partial charge in [-0.25, -0.2) is 0 Å². The van der Waals surface area contributed by atoms with E-state index in [1.54, 1.807) is 0 Å². The maximum absolute atomic E-state index is 3.49. The predicted molar refractivity (Wildman–Crippen MR) is 85.0 cm³/mol. The highest BCUT2D eigenvalue weighted by Gasteiger charge is 2.28. The molecule has 0 radical (unpaired) electrons. The molecule has 116 valence electrons. The highest BCUT2D eigenvalue weighted by molar-refractivity contribution is 4.83. The largest absolute Gasteiger partial charge is 0.317 e. The third-order valence-electron chi connectivity index (χ3n) is 5.98. The monoisotopic (exact) mass is 279 g/mol. The van der Waals surface area contributed by atoms with E-state index in [2.05, 4.69) is 22.2 Å². The minimum atomic E-state index is 0.889. The van der Waals surface area contributed by atoms with Crippen molar-refractivity contribution in [2.24, 2.45) is 11.8 Å². The van der Waals surface area contributed by atoms with Crippen molar-refractivity contribution in [1.29, 1.82) is 0 Å². The Kier molecular flexibility index (Phi) is 5.36. The van der Waals surface area contributed by atoms with Gasteiger partial charge in [0.15, 0.2) is 0 Å². The first-order valence-corrected chi connectivity index (χ1v) is 8.94. The maximum Gasteiger partial charge on any atom is 0.0119 e. The van der Waals surface area contributed by atoms with Crippen LogP contribution >= 0.6 is 0 Å². The molecule has 3 aliphatic heterocycles. The fourth-order valence-corrected chi connectivity index (χ4v) is 4.49. The van der Waals surface area contributed by atoms with Crippen LogP contribution in [0.1, 0.15) is 44.9 Å². The van der Waals surface area contributed by atoms with Crippen LogP contribution in [0.3, 0.4) is 0 Å². The molecule has 3 rings (SSSR count). The molecule has 0 amide bonds.